The Morgan fingerprint density at radius 1 is 1.06 bits per heavy atom. The van der Waals surface area contributed by atoms with Gasteiger partial charge >= 0.3 is 0 Å². The minimum atomic E-state index is -0.940. The number of methoxy groups -OCH3 is 1. The van der Waals surface area contributed by atoms with E-state index in [0.717, 1.165) is 5.56 Å². The molecule has 0 aliphatic heterocycles. The van der Waals surface area contributed by atoms with Crippen molar-refractivity contribution in [1.29, 1.82) is 0 Å². The summed E-state index contributed by atoms with van der Waals surface area (Å²) in [4.78, 5) is 23.5. The summed E-state index contributed by atoms with van der Waals surface area (Å²) in [6, 6.07) is 3.06. The van der Waals surface area contributed by atoms with Crippen LogP contribution in [0.15, 0.2) is 23.7 Å². The van der Waals surface area contributed by atoms with Crippen LogP contribution in [0.2, 0.25) is 0 Å². The van der Waals surface area contributed by atoms with Gasteiger partial charge in [0.15, 0.2) is 0 Å². The van der Waals surface area contributed by atoms with Gasteiger partial charge in [0.05, 0.1) is 12.7 Å². The molecule has 1 aliphatic carbocycles. The van der Waals surface area contributed by atoms with Gasteiger partial charge in [0.25, 0.3) is 0 Å². The Hall–Kier alpha value is -2.30. The lowest BCUT2D eigenvalue weighted by molar-refractivity contribution is 0.0878. The number of aliphatic hydroxyl groups is 2. The lowest BCUT2D eigenvalue weighted by Crippen LogP contribution is -2.22. The highest BCUT2D eigenvalue weighted by Crippen LogP contribution is 2.32. The molecule has 0 radical (unpaired) electrons. The molecule has 0 saturated heterocycles. The first-order chi connectivity index (χ1) is 7.97. The Labute approximate surface area is 97.0 Å². The van der Waals surface area contributed by atoms with Gasteiger partial charge < -0.3 is 14.9 Å². The quantitative estimate of drug-likeness (QED) is 0.772. The third kappa shape index (κ3) is 1.47. The third-order valence-corrected chi connectivity index (χ3v) is 2.59. The Balaban J connectivity index is 2.80. The molecule has 0 fully saturated rings. The van der Waals surface area contributed by atoms with Crippen molar-refractivity contribution in [3.8, 4) is 5.75 Å². The summed E-state index contributed by atoms with van der Waals surface area (Å²) in [6.07, 6.45) is 0. The van der Waals surface area contributed by atoms with Crippen molar-refractivity contribution in [2.75, 3.05) is 7.11 Å². The summed E-state index contributed by atoms with van der Waals surface area (Å²) in [5.74, 6) is -3.25. The van der Waals surface area contributed by atoms with E-state index in [4.69, 9.17) is 4.74 Å². The van der Waals surface area contributed by atoms with Gasteiger partial charge in [-0.3, -0.25) is 9.59 Å². The monoisotopic (exact) mass is 234 g/mol. The molecule has 0 aromatic heterocycles. The van der Waals surface area contributed by atoms with Gasteiger partial charge in [-0.2, -0.15) is 0 Å². The number of hydrogen-bond acceptors (Lipinski definition) is 5. The van der Waals surface area contributed by atoms with Crippen molar-refractivity contribution in [2.45, 2.75) is 6.92 Å². The van der Waals surface area contributed by atoms with E-state index in [1.807, 2.05) is 0 Å². The second-order valence-corrected chi connectivity index (χ2v) is 3.75. The Morgan fingerprint density at radius 3 is 2.24 bits per heavy atom. The SMILES string of the molecule is COc1cc(C)cc2c1C(=O)C(O)=C(O)C2=O. The zero-order valence-corrected chi connectivity index (χ0v) is 9.27. The van der Waals surface area contributed by atoms with Crippen LogP contribution in [0.25, 0.3) is 0 Å². The van der Waals surface area contributed by atoms with Crippen LogP contribution >= 0.6 is 0 Å². The zero-order valence-electron chi connectivity index (χ0n) is 9.27. The molecule has 2 N–H and O–H groups in total. The van der Waals surface area contributed by atoms with Crippen LogP contribution in [0, 0.1) is 6.92 Å². The summed E-state index contributed by atoms with van der Waals surface area (Å²) in [5, 5.41) is 18.7. The summed E-state index contributed by atoms with van der Waals surface area (Å²) >= 11 is 0. The molecule has 88 valence electrons. The Kier molecular flexibility index (Phi) is 2.38. The average Bonchev–Trinajstić information content (AvgIpc) is 2.32. The highest BCUT2D eigenvalue weighted by atomic mass is 16.5. The fourth-order valence-electron chi connectivity index (χ4n) is 1.79. The topological polar surface area (TPSA) is 83.8 Å². The lowest BCUT2D eigenvalue weighted by Gasteiger charge is -2.17. The molecule has 17 heavy (non-hydrogen) atoms. The maximum Gasteiger partial charge on any atom is 0.235 e. The van der Waals surface area contributed by atoms with E-state index < -0.39 is 23.1 Å². The molecule has 5 heteroatoms. The summed E-state index contributed by atoms with van der Waals surface area (Å²) < 4.78 is 5.01. The van der Waals surface area contributed by atoms with Crippen LogP contribution < -0.4 is 4.74 Å². The number of ketones is 2. The number of ether oxygens (including phenoxy) is 1. The second-order valence-electron chi connectivity index (χ2n) is 3.75. The molecule has 0 heterocycles. The van der Waals surface area contributed by atoms with Gasteiger partial charge in [-0.05, 0) is 24.6 Å². The van der Waals surface area contributed by atoms with E-state index in [9.17, 15) is 19.8 Å². The molecule has 1 aromatic rings. The molecule has 0 unspecified atom stereocenters. The maximum atomic E-state index is 11.8. The highest BCUT2D eigenvalue weighted by Gasteiger charge is 2.35. The van der Waals surface area contributed by atoms with E-state index in [2.05, 4.69) is 0 Å². The number of aliphatic hydroxyl groups excluding tert-OH is 2. The first-order valence-electron chi connectivity index (χ1n) is 4.87. The minimum Gasteiger partial charge on any atom is -0.501 e. The van der Waals surface area contributed by atoms with Crippen LogP contribution in [0.4, 0.5) is 0 Å². The van der Waals surface area contributed by atoms with E-state index in [0.29, 0.717) is 0 Å². The molecule has 0 saturated carbocycles. The first kappa shape index (κ1) is 11.2. The molecule has 5 nitrogen and oxygen atoms in total. The van der Waals surface area contributed by atoms with Gasteiger partial charge in [0, 0.05) is 5.56 Å². The van der Waals surface area contributed by atoms with Gasteiger partial charge in [-0.1, -0.05) is 0 Å². The standard InChI is InChI=1S/C12H10O5/c1-5-3-6-8(7(4-5)17-2)10(14)12(16)11(15)9(6)13/h3-4,15-16H,1-2H3. The summed E-state index contributed by atoms with van der Waals surface area (Å²) in [5.41, 5.74) is 0.747. The molecule has 0 amide bonds. The van der Waals surface area contributed by atoms with E-state index in [1.165, 1.54) is 13.2 Å². The number of Topliss-reactive ketones (excluding diaryl/α,β-unsaturated/α-hetero) is 2. The zero-order chi connectivity index (χ0) is 12.7. The van der Waals surface area contributed by atoms with Crippen LogP contribution in [0.3, 0.4) is 0 Å². The first-order valence-corrected chi connectivity index (χ1v) is 4.87. The minimum absolute atomic E-state index is 0.0154. The number of rotatable bonds is 1. The average molecular weight is 234 g/mol. The van der Waals surface area contributed by atoms with Crippen molar-refractivity contribution in [3.05, 3.63) is 40.3 Å². The lowest BCUT2D eigenvalue weighted by atomic mass is 9.90. The fraction of sp³-hybridized carbons (Fsp3) is 0.167. The predicted molar refractivity (Wildman–Crippen MR) is 58.7 cm³/mol. The summed E-state index contributed by atoms with van der Waals surface area (Å²) in [7, 11) is 1.36. The number of hydrogen-bond donors (Lipinski definition) is 2. The van der Waals surface area contributed by atoms with Gasteiger partial charge in [0.2, 0.25) is 23.1 Å². The number of benzene rings is 1. The second kappa shape index (κ2) is 3.62. The molecular formula is C12H10O5. The van der Waals surface area contributed by atoms with Crippen molar-refractivity contribution < 1.29 is 24.5 Å². The molecule has 0 atom stereocenters. The number of carbonyl (C=O) groups excluding carboxylic acids is 2. The molecule has 1 aromatic carbocycles. The van der Waals surface area contributed by atoms with E-state index >= 15 is 0 Å². The van der Waals surface area contributed by atoms with Gasteiger partial charge in [-0.15, -0.1) is 0 Å². The van der Waals surface area contributed by atoms with Crippen molar-refractivity contribution in [1.82, 2.24) is 0 Å². The fourth-order valence-corrected chi connectivity index (χ4v) is 1.79. The Morgan fingerprint density at radius 2 is 1.65 bits per heavy atom. The third-order valence-electron chi connectivity index (χ3n) is 2.59. The Bertz CT molecular complexity index is 569. The number of aryl methyl sites for hydroxylation is 1. The van der Waals surface area contributed by atoms with Crippen molar-refractivity contribution in [2.24, 2.45) is 0 Å². The number of allylic oxidation sites excluding steroid dienone is 2. The van der Waals surface area contributed by atoms with Crippen LogP contribution in [-0.2, 0) is 0 Å². The number of carbonyl (C=O) groups is 2. The van der Waals surface area contributed by atoms with E-state index in [-0.39, 0.29) is 16.9 Å². The summed E-state index contributed by atoms with van der Waals surface area (Å²) in [6.45, 7) is 1.73. The molecule has 0 bridgehead atoms. The molecule has 2 rings (SSSR count). The van der Waals surface area contributed by atoms with Crippen LogP contribution in [0.5, 0.6) is 5.75 Å². The largest absolute Gasteiger partial charge is 0.501 e. The molecular weight excluding hydrogens is 224 g/mol. The molecule has 0 spiro atoms. The van der Waals surface area contributed by atoms with Gasteiger partial charge in [0.1, 0.15) is 5.75 Å². The maximum absolute atomic E-state index is 11.8. The van der Waals surface area contributed by atoms with Crippen molar-refractivity contribution >= 4 is 11.6 Å². The normalized spacial score (nSPS) is 14.9. The van der Waals surface area contributed by atoms with Crippen LogP contribution in [0.1, 0.15) is 26.3 Å². The van der Waals surface area contributed by atoms with Crippen molar-refractivity contribution in [3.63, 3.8) is 0 Å². The smallest absolute Gasteiger partial charge is 0.235 e. The van der Waals surface area contributed by atoms with Gasteiger partial charge in [-0.25, -0.2) is 0 Å². The number of fused-ring (bicyclic) bond motifs is 1. The van der Waals surface area contributed by atoms with Crippen LogP contribution in [-0.4, -0.2) is 28.9 Å². The highest BCUT2D eigenvalue weighted by molar-refractivity contribution is 6.26. The van der Waals surface area contributed by atoms with E-state index in [1.54, 1.807) is 13.0 Å². The predicted octanol–water partition coefficient (Wildman–Crippen LogP) is 1.71. The molecule has 1 aliphatic rings.